The van der Waals surface area contributed by atoms with Crippen LogP contribution < -0.4 is 14.8 Å². The molecule has 1 saturated heterocycles. The zero-order chi connectivity index (χ0) is 23.0. The smallest absolute Gasteiger partial charge is 0.251 e. The van der Waals surface area contributed by atoms with Crippen LogP contribution in [0.1, 0.15) is 40.2 Å². The molecule has 2 N–H and O–H groups in total. The summed E-state index contributed by atoms with van der Waals surface area (Å²) in [4.78, 5) is 16.4. The van der Waals surface area contributed by atoms with Crippen LogP contribution in [0.2, 0.25) is 0 Å². The van der Waals surface area contributed by atoms with E-state index >= 15 is 0 Å². The molecule has 0 aliphatic carbocycles. The van der Waals surface area contributed by atoms with Gasteiger partial charge in [0, 0.05) is 23.5 Å². The van der Waals surface area contributed by atoms with Crippen molar-refractivity contribution >= 4 is 17.2 Å². The van der Waals surface area contributed by atoms with E-state index in [2.05, 4.69) is 10.2 Å². The lowest BCUT2D eigenvalue weighted by atomic mass is 9.81. The molecule has 1 aromatic heterocycles. The average molecular weight is 469 g/mol. The third kappa shape index (κ3) is 4.46. The number of ether oxygens (including phenoxy) is 2. The van der Waals surface area contributed by atoms with Crippen LogP contribution in [-0.4, -0.2) is 40.9 Å². The predicted octanol–water partition coefficient (Wildman–Crippen LogP) is 4.11. The van der Waals surface area contributed by atoms with Gasteiger partial charge in [-0.1, -0.05) is 12.1 Å². The van der Waals surface area contributed by atoms with Gasteiger partial charge in [-0.25, -0.2) is 4.39 Å². The van der Waals surface area contributed by atoms with Crippen LogP contribution in [0.3, 0.4) is 0 Å². The van der Waals surface area contributed by atoms with E-state index in [1.54, 1.807) is 18.3 Å². The van der Waals surface area contributed by atoms with E-state index in [9.17, 15) is 14.3 Å². The number of aliphatic hydroxyl groups is 1. The van der Waals surface area contributed by atoms with Gasteiger partial charge >= 0.3 is 0 Å². The molecule has 0 radical (unpaired) electrons. The molecule has 2 aliphatic rings. The number of nitrogens with zero attached hydrogens (tertiary/aromatic N) is 1. The first kappa shape index (κ1) is 21.9. The molecule has 6 nitrogen and oxygen atoms in total. The lowest BCUT2D eigenvalue weighted by Crippen LogP contribution is -2.62. The normalized spacial score (nSPS) is 24.6. The summed E-state index contributed by atoms with van der Waals surface area (Å²) in [5.41, 5.74) is 0.298. The van der Waals surface area contributed by atoms with E-state index in [1.165, 1.54) is 24.3 Å². The Hall–Kier alpha value is -2.94. The quantitative estimate of drug-likeness (QED) is 0.590. The molecule has 33 heavy (non-hydrogen) atoms. The van der Waals surface area contributed by atoms with Crippen molar-refractivity contribution in [2.45, 2.75) is 37.6 Å². The number of rotatable bonds is 5. The molecular formula is C25H25FN2O4S. The summed E-state index contributed by atoms with van der Waals surface area (Å²) in [7, 11) is 0. The van der Waals surface area contributed by atoms with Crippen LogP contribution in [0, 0.1) is 5.82 Å². The number of nitrogens with one attached hydrogen (secondary N) is 1. The van der Waals surface area contributed by atoms with Gasteiger partial charge in [-0.2, -0.15) is 0 Å². The minimum Gasteiger partial charge on any atom is -0.454 e. The molecular weight excluding hydrogens is 443 g/mol. The van der Waals surface area contributed by atoms with Gasteiger partial charge in [-0.3, -0.25) is 9.69 Å². The number of carbonyl (C=O) groups excluding carboxylic acids is 1. The van der Waals surface area contributed by atoms with Crippen molar-refractivity contribution in [2.24, 2.45) is 0 Å². The number of fused-ring (bicyclic) bond motifs is 1. The van der Waals surface area contributed by atoms with Crippen molar-refractivity contribution in [2.75, 3.05) is 13.3 Å². The number of piperidine rings is 1. The second-order valence-corrected chi connectivity index (χ2v) is 9.66. The molecule has 1 fully saturated rings. The fourth-order valence-electron chi connectivity index (χ4n) is 4.53. The molecule has 5 rings (SSSR count). The molecule has 3 heterocycles. The highest BCUT2D eigenvalue weighted by atomic mass is 32.1. The number of hydrogen-bond donors (Lipinski definition) is 2. The zero-order valence-electron chi connectivity index (χ0n) is 18.2. The summed E-state index contributed by atoms with van der Waals surface area (Å²) in [5.74, 6) is 0.722. The third-order valence-corrected chi connectivity index (χ3v) is 7.28. The van der Waals surface area contributed by atoms with Crippen LogP contribution in [0.25, 0.3) is 0 Å². The van der Waals surface area contributed by atoms with E-state index in [0.29, 0.717) is 25.1 Å². The van der Waals surface area contributed by atoms with Gasteiger partial charge in [-0.15, -0.1) is 11.3 Å². The molecule has 172 valence electrons. The van der Waals surface area contributed by atoms with Crippen molar-refractivity contribution in [3.63, 3.8) is 0 Å². The molecule has 1 amide bonds. The Morgan fingerprint density at radius 3 is 2.76 bits per heavy atom. The van der Waals surface area contributed by atoms with Crippen LogP contribution in [0.15, 0.2) is 60.0 Å². The lowest BCUT2D eigenvalue weighted by Gasteiger charge is -2.48. The summed E-state index contributed by atoms with van der Waals surface area (Å²) >= 11 is 1.59. The second-order valence-electron chi connectivity index (χ2n) is 8.68. The highest BCUT2D eigenvalue weighted by Gasteiger charge is 2.46. The van der Waals surface area contributed by atoms with Crippen molar-refractivity contribution in [1.29, 1.82) is 0 Å². The highest BCUT2D eigenvalue weighted by Crippen LogP contribution is 2.40. The Bertz CT molecular complexity index is 1130. The molecule has 0 spiro atoms. The SMILES string of the molecule is C[C@@]1(O)CCN(Cc2ccc3c(c2)OCO3)[C@@H](c2cccs2)[C@@H]1NC(=O)c1ccc(F)cc1. The Kier molecular flexibility index (Phi) is 5.82. The van der Waals surface area contributed by atoms with Crippen LogP contribution >= 0.6 is 11.3 Å². The lowest BCUT2D eigenvalue weighted by molar-refractivity contribution is -0.0656. The monoisotopic (exact) mass is 468 g/mol. The minimum absolute atomic E-state index is 0.223. The maximum atomic E-state index is 13.3. The molecule has 3 aromatic rings. The number of amides is 1. The van der Waals surface area contributed by atoms with E-state index in [1.807, 2.05) is 35.7 Å². The number of benzene rings is 2. The zero-order valence-corrected chi connectivity index (χ0v) is 19.0. The predicted molar refractivity (Wildman–Crippen MR) is 123 cm³/mol. The first-order valence-electron chi connectivity index (χ1n) is 10.9. The number of carbonyl (C=O) groups is 1. The van der Waals surface area contributed by atoms with Gasteiger partial charge in [0.05, 0.1) is 17.7 Å². The number of halogens is 1. The van der Waals surface area contributed by atoms with Gasteiger partial charge in [-0.05, 0) is 66.8 Å². The van der Waals surface area contributed by atoms with Crippen LogP contribution in [0.5, 0.6) is 11.5 Å². The second kappa shape index (κ2) is 8.78. The van der Waals surface area contributed by atoms with Crippen molar-refractivity contribution in [1.82, 2.24) is 10.2 Å². The summed E-state index contributed by atoms with van der Waals surface area (Å²) in [6, 6.07) is 14.5. The van der Waals surface area contributed by atoms with Crippen molar-refractivity contribution < 1.29 is 23.8 Å². The number of likely N-dealkylation sites (tertiary alicyclic amines) is 1. The van der Waals surface area contributed by atoms with Gasteiger partial charge in [0.25, 0.3) is 5.91 Å². The first-order valence-corrected chi connectivity index (χ1v) is 11.7. The topological polar surface area (TPSA) is 71.0 Å². The molecule has 3 atom stereocenters. The maximum absolute atomic E-state index is 13.3. The van der Waals surface area contributed by atoms with Gasteiger partial charge in [0.15, 0.2) is 11.5 Å². The number of thiophene rings is 1. The van der Waals surface area contributed by atoms with E-state index in [0.717, 1.165) is 21.9 Å². The molecule has 2 aliphatic heterocycles. The van der Waals surface area contributed by atoms with Gasteiger partial charge < -0.3 is 19.9 Å². The summed E-state index contributed by atoms with van der Waals surface area (Å²) in [6.45, 7) is 3.27. The Morgan fingerprint density at radius 1 is 1.21 bits per heavy atom. The maximum Gasteiger partial charge on any atom is 0.251 e. The van der Waals surface area contributed by atoms with Crippen LogP contribution in [0.4, 0.5) is 4.39 Å². The summed E-state index contributed by atoms with van der Waals surface area (Å²) in [6.07, 6.45) is 0.494. The van der Waals surface area contributed by atoms with Gasteiger partial charge in [0.2, 0.25) is 6.79 Å². The van der Waals surface area contributed by atoms with Gasteiger partial charge in [0.1, 0.15) is 5.82 Å². The molecule has 0 bridgehead atoms. The highest BCUT2D eigenvalue weighted by molar-refractivity contribution is 7.10. The van der Waals surface area contributed by atoms with E-state index in [4.69, 9.17) is 9.47 Å². The molecule has 8 heteroatoms. The molecule has 0 saturated carbocycles. The average Bonchev–Trinajstić information content (AvgIpc) is 3.48. The van der Waals surface area contributed by atoms with Crippen LogP contribution in [-0.2, 0) is 6.54 Å². The minimum atomic E-state index is -1.12. The summed E-state index contributed by atoms with van der Waals surface area (Å²) < 4.78 is 24.3. The Labute approximate surface area is 195 Å². The van der Waals surface area contributed by atoms with Crippen molar-refractivity contribution in [3.8, 4) is 11.5 Å². The summed E-state index contributed by atoms with van der Waals surface area (Å²) in [5, 5.41) is 16.4. The fourth-order valence-corrected chi connectivity index (χ4v) is 5.43. The molecule has 2 aromatic carbocycles. The Morgan fingerprint density at radius 2 is 2.00 bits per heavy atom. The number of hydrogen-bond acceptors (Lipinski definition) is 6. The van der Waals surface area contributed by atoms with E-state index < -0.39 is 17.5 Å². The molecule has 0 unspecified atom stereocenters. The Balaban J connectivity index is 1.44. The third-order valence-electron chi connectivity index (χ3n) is 6.33. The first-order chi connectivity index (χ1) is 15.9. The largest absolute Gasteiger partial charge is 0.454 e. The standard InChI is InChI=1S/C25H25FN2O4S/c1-25(30)10-11-28(14-16-4-9-19-20(13-16)32-15-31-19)22(21-3-2-12-33-21)23(25)27-24(29)17-5-7-18(26)8-6-17/h2-9,12-13,22-23,30H,10-11,14-15H2,1H3,(H,27,29)/t22-,23-,25+/m0/s1. The fraction of sp³-hybridized carbons (Fsp3) is 0.320. The van der Waals surface area contributed by atoms with E-state index in [-0.39, 0.29) is 18.7 Å². The van der Waals surface area contributed by atoms with Crippen molar-refractivity contribution in [3.05, 3.63) is 81.8 Å².